The van der Waals surface area contributed by atoms with Gasteiger partial charge in [-0.3, -0.25) is 0 Å². The molecule has 0 atom stereocenters. The van der Waals surface area contributed by atoms with Crippen molar-refractivity contribution in [3.8, 4) is 0 Å². The molecule has 0 radical (unpaired) electrons. The minimum atomic E-state index is 0.498. The predicted molar refractivity (Wildman–Crippen MR) is 60.5 cm³/mol. The molecular formula is C9H9BrSe2. The first-order valence-corrected chi connectivity index (χ1v) is 8.65. The molecule has 3 heteroatoms. The van der Waals surface area contributed by atoms with Crippen LogP contribution in [0.2, 0.25) is 5.82 Å². The van der Waals surface area contributed by atoms with Gasteiger partial charge < -0.3 is 0 Å². The average Bonchev–Trinajstić information content (AvgIpc) is 2.16. The third-order valence-electron chi connectivity index (χ3n) is 1.23. The summed E-state index contributed by atoms with van der Waals surface area (Å²) in [5, 5.41) is 0. The van der Waals surface area contributed by atoms with E-state index < -0.39 is 0 Å². The van der Waals surface area contributed by atoms with E-state index in [9.17, 15) is 0 Å². The van der Waals surface area contributed by atoms with Crippen LogP contribution in [0.25, 0.3) is 0 Å². The van der Waals surface area contributed by atoms with E-state index in [0.717, 1.165) is 0 Å². The van der Waals surface area contributed by atoms with Crippen molar-refractivity contribution in [2.45, 2.75) is 5.82 Å². The topological polar surface area (TPSA) is 0 Å². The molecule has 0 spiro atoms. The van der Waals surface area contributed by atoms with Crippen LogP contribution in [0.4, 0.5) is 0 Å². The fourth-order valence-electron chi connectivity index (χ4n) is 0.662. The summed E-state index contributed by atoms with van der Waals surface area (Å²) in [6, 6.07) is 10.6. The van der Waals surface area contributed by atoms with Crippen molar-refractivity contribution in [2.75, 3.05) is 0 Å². The molecule has 0 aliphatic carbocycles. The first-order chi connectivity index (χ1) is 5.83. The maximum atomic E-state index is 3.54. The number of rotatable bonds is 3. The van der Waals surface area contributed by atoms with Crippen LogP contribution >= 0.6 is 15.9 Å². The van der Waals surface area contributed by atoms with Gasteiger partial charge in [-0.25, -0.2) is 0 Å². The van der Waals surface area contributed by atoms with Crippen LogP contribution in [0, 0.1) is 0 Å². The van der Waals surface area contributed by atoms with Gasteiger partial charge in [0.15, 0.2) is 0 Å². The second-order valence-corrected chi connectivity index (χ2v) is 7.85. The molecule has 0 nitrogen and oxygen atoms in total. The van der Waals surface area contributed by atoms with Crippen LogP contribution in [-0.4, -0.2) is 29.9 Å². The van der Waals surface area contributed by atoms with Gasteiger partial charge >= 0.3 is 94.8 Å². The van der Waals surface area contributed by atoms with Gasteiger partial charge in [-0.15, -0.1) is 0 Å². The van der Waals surface area contributed by atoms with Gasteiger partial charge in [0, 0.05) is 0 Å². The SMILES string of the molecule is C[Se]/C(Br)=C\[Se]c1ccccc1. The first kappa shape index (κ1) is 10.6. The van der Waals surface area contributed by atoms with Crippen LogP contribution < -0.4 is 4.46 Å². The summed E-state index contributed by atoms with van der Waals surface area (Å²) in [5.41, 5.74) is 0. The number of benzene rings is 1. The van der Waals surface area contributed by atoms with Crippen LogP contribution in [0.5, 0.6) is 0 Å². The number of halogens is 1. The van der Waals surface area contributed by atoms with Crippen LogP contribution in [0.1, 0.15) is 0 Å². The van der Waals surface area contributed by atoms with E-state index >= 15 is 0 Å². The molecule has 0 fully saturated rings. The third-order valence-corrected chi connectivity index (χ3v) is 7.52. The van der Waals surface area contributed by atoms with Crippen molar-refractivity contribution >= 4 is 50.3 Å². The summed E-state index contributed by atoms with van der Waals surface area (Å²) in [7, 11) is 0. The van der Waals surface area contributed by atoms with E-state index in [1.807, 2.05) is 0 Å². The normalized spacial score (nSPS) is 11.7. The zero-order valence-corrected chi connectivity index (χ0v) is 11.7. The summed E-state index contributed by atoms with van der Waals surface area (Å²) in [5.74, 6) is 2.22. The van der Waals surface area contributed by atoms with Crippen molar-refractivity contribution in [3.05, 3.63) is 38.7 Å². The summed E-state index contributed by atoms with van der Waals surface area (Å²) < 4.78 is 2.81. The average molecular weight is 355 g/mol. The Labute approximate surface area is 94.3 Å². The minimum absolute atomic E-state index is 0.498. The molecule has 0 bridgehead atoms. The monoisotopic (exact) mass is 356 g/mol. The van der Waals surface area contributed by atoms with E-state index in [-0.39, 0.29) is 0 Å². The fraction of sp³-hybridized carbons (Fsp3) is 0.111. The van der Waals surface area contributed by atoms with Crippen LogP contribution in [0.3, 0.4) is 0 Å². The van der Waals surface area contributed by atoms with Crippen molar-refractivity contribution < 1.29 is 0 Å². The summed E-state index contributed by atoms with van der Waals surface area (Å²) >= 11 is 4.64. The quantitative estimate of drug-likeness (QED) is 0.728. The van der Waals surface area contributed by atoms with E-state index in [1.54, 1.807) is 0 Å². The Morgan fingerprint density at radius 2 is 2.00 bits per heavy atom. The molecule has 64 valence electrons. The standard InChI is InChI=1S/C9H9BrSe2/c1-11-9(10)7-12-8-5-3-2-4-6-8/h2-7H,1H3/b9-7-. The van der Waals surface area contributed by atoms with Crippen molar-refractivity contribution in [1.29, 1.82) is 0 Å². The molecule has 1 aromatic carbocycles. The van der Waals surface area contributed by atoms with Crippen molar-refractivity contribution in [3.63, 3.8) is 0 Å². The van der Waals surface area contributed by atoms with E-state index in [4.69, 9.17) is 0 Å². The molecule has 0 heterocycles. The predicted octanol–water partition coefficient (Wildman–Crippen LogP) is 1.96. The van der Waals surface area contributed by atoms with E-state index in [1.165, 1.54) is 7.84 Å². The summed E-state index contributed by atoms with van der Waals surface area (Å²) in [4.78, 5) is 2.31. The van der Waals surface area contributed by atoms with Crippen LogP contribution in [-0.2, 0) is 0 Å². The van der Waals surface area contributed by atoms with Gasteiger partial charge in [0.05, 0.1) is 0 Å². The van der Waals surface area contributed by atoms with Crippen molar-refractivity contribution in [1.82, 2.24) is 0 Å². The summed E-state index contributed by atoms with van der Waals surface area (Å²) in [6.45, 7) is 0. The van der Waals surface area contributed by atoms with Gasteiger partial charge in [0.25, 0.3) is 0 Å². The third kappa shape index (κ3) is 3.93. The van der Waals surface area contributed by atoms with Gasteiger partial charge in [0.1, 0.15) is 0 Å². The van der Waals surface area contributed by atoms with Gasteiger partial charge in [-0.2, -0.15) is 0 Å². The molecule has 0 saturated carbocycles. The molecule has 0 unspecified atom stereocenters. The van der Waals surface area contributed by atoms with Crippen LogP contribution in [0.15, 0.2) is 38.7 Å². The van der Waals surface area contributed by atoms with E-state index in [2.05, 4.69) is 57.1 Å². The van der Waals surface area contributed by atoms with Gasteiger partial charge in [0.2, 0.25) is 0 Å². The fourth-order valence-corrected chi connectivity index (χ4v) is 4.06. The number of hydrogen-bond acceptors (Lipinski definition) is 0. The Morgan fingerprint density at radius 1 is 1.33 bits per heavy atom. The molecular weight excluding hydrogens is 346 g/mol. The van der Waals surface area contributed by atoms with Gasteiger partial charge in [-0.05, 0) is 0 Å². The molecule has 0 saturated heterocycles. The molecule has 0 aliphatic heterocycles. The Morgan fingerprint density at radius 3 is 2.58 bits per heavy atom. The first-order valence-electron chi connectivity index (χ1n) is 3.44. The van der Waals surface area contributed by atoms with Crippen molar-refractivity contribution in [2.24, 2.45) is 0 Å². The Balaban J connectivity index is 2.54. The van der Waals surface area contributed by atoms with Gasteiger partial charge in [-0.1, -0.05) is 0 Å². The molecule has 0 aromatic heterocycles. The number of hydrogen-bond donors (Lipinski definition) is 0. The molecule has 1 rings (SSSR count). The zero-order valence-electron chi connectivity index (χ0n) is 6.66. The maximum absolute atomic E-state index is 3.54. The summed E-state index contributed by atoms with van der Waals surface area (Å²) in [6.07, 6.45) is 0. The molecule has 0 amide bonds. The second kappa shape index (κ2) is 6.01. The Hall–Kier alpha value is 0.479. The Kier molecular flexibility index (Phi) is 5.29. The molecule has 1 aromatic rings. The Bertz CT molecular complexity index is 256. The van der Waals surface area contributed by atoms with E-state index in [0.29, 0.717) is 29.9 Å². The zero-order chi connectivity index (χ0) is 8.81. The molecule has 0 aliphatic rings. The molecule has 12 heavy (non-hydrogen) atoms. The molecule has 0 N–H and O–H groups in total. The second-order valence-electron chi connectivity index (χ2n) is 2.06.